The molecule has 0 aromatic carbocycles. The van der Waals surface area contributed by atoms with E-state index >= 15 is 0 Å². The number of nitrogens with one attached hydrogen (secondary N) is 1. The number of thioether (sulfide) groups is 1. The third-order valence-corrected chi connectivity index (χ3v) is 4.08. The number of hydrogen-bond donors (Lipinski definition) is 2. The van der Waals surface area contributed by atoms with Crippen LogP contribution in [0.5, 0.6) is 0 Å². The molecule has 20 heavy (non-hydrogen) atoms. The van der Waals surface area contributed by atoms with E-state index in [4.69, 9.17) is 10.3 Å². The number of nitrogen functional groups attached to an aromatic ring is 1. The predicted octanol–water partition coefficient (Wildman–Crippen LogP) is 1.84. The molecule has 104 valence electrons. The van der Waals surface area contributed by atoms with Gasteiger partial charge in [-0.25, -0.2) is 15.8 Å². The summed E-state index contributed by atoms with van der Waals surface area (Å²) in [5.41, 5.74) is 3.35. The summed E-state index contributed by atoms with van der Waals surface area (Å²) in [6.45, 7) is 1.93. The molecule has 0 saturated heterocycles. The largest absolute Gasteiger partial charge is 0.468 e. The Bertz CT molecular complexity index is 750. The molecule has 0 saturated carbocycles. The van der Waals surface area contributed by atoms with Crippen LogP contribution in [0.4, 0.5) is 5.82 Å². The minimum absolute atomic E-state index is 0.586. The fraction of sp³-hybridized carbons (Fsp3) is 0.250. The van der Waals surface area contributed by atoms with Crippen LogP contribution < -0.4 is 11.3 Å². The highest BCUT2D eigenvalue weighted by molar-refractivity contribution is 7.98. The smallest absolute Gasteiger partial charge is 0.163 e. The Morgan fingerprint density at radius 1 is 1.45 bits per heavy atom. The van der Waals surface area contributed by atoms with Crippen molar-refractivity contribution in [3.63, 3.8) is 0 Å². The highest BCUT2D eigenvalue weighted by Gasteiger charge is 2.11. The Hall–Kier alpha value is -2.06. The Kier molecular flexibility index (Phi) is 3.33. The summed E-state index contributed by atoms with van der Waals surface area (Å²) in [7, 11) is 1.84. The van der Waals surface area contributed by atoms with Crippen LogP contribution in [-0.4, -0.2) is 19.7 Å². The first-order chi connectivity index (χ1) is 9.69. The second kappa shape index (κ2) is 5.14. The van der Waals surface area contributed by atoms with Crippen molar-refractivity contribution in [2.45, 2.75) is 17.6 Å². The first kappa shape index (κ1) is 12.9. The molecule has 0 unspecified atom stereocenters. The van der Waals surface area contributed by atoms with Crippen molar-refractivity contribution in [3.8, 4) is 0 Å². The Morgan fingerprint density at radius 2 is 2.30 bits per heavy atom. The lowest BCUT2D eigenvalue weighted by atomic mass is 10.4. The van der Waals surface area contributed by atoms with Crippen LogP contribution in [-0.2, 0) is 12.8 Å². The zero-order chi connectivity index (χ0) is 14.1. The number of nitrogens with zero attached hydrogens (tertiary/aromatic N) is 4. The van der Waals surface area contributed by atoms with E-state index in [1.165, 1.54) is 0 Å². The van der Waals surface area contributed by atoms with Crippen molar-refractivity contribution in [1.82, 2.24) is 19.7 Å². The van der Waals surface area contributed by atoms with Gasteiger partial charge in [-0.3, -0.25) is 4.68 Å². The van der Waals surface area contributed by atoms with E-state index in [1.54, 1.807) is 28.9 Å². The highest BCUT2D eigenvalue weighted by atomic mass is 32.2. The second-order valence-corrected chi connectivity index (χ2v) is 5.29. The molecule has 8 heteroatoms. The summed E-state index contributed by atoms with van der Waals surface area (Å²) >= 11 is 1.63. The minimum Gasteiger partial charge on any atom is -0.468 e. The van der Waals surface area contributed by atoms with Crippen molar-refractivity contribution >= 4 is 28.6 Å². The van der Waals surface area contributed by atoms with Crippen LogP contribution in [0.25, 0.3) is 11.0 Å². The fourth-order valence-corrected chi connectivity index (χ4v) is 2.72. The van der Waals surface area contributed by atoms with Crippen LogP contribution in [0, 0.1) is 6.92 Å². The summed E-state index contributed by atoms with van der Waals surface area (Å²) in [5, 5.41) is 4.97. The van der Waals surface area contributed by atoms with Gasteiger partial charge in [0.05, 0.1) is 23.6 Å². The summed E-state index contributed by atoms with van der Waals surface area (Å²) in [6.07, 6.45) is 3.37. The van der Waals surface area contributed by atoms with Crippen molar-refractivity contribution in [3.05, 3.63) is 30.1 Å². The minimum atomic E-state index is 0.586. The quantitative estimate of drug-likeness (QED) is 0.430. The molecule has 7 nitrogen and oxygen atoms in total. The number of aromatic nitrogens is 4. The zero-order valence-electron chi connectivity index (χ0n) is 11.1. The molecule has 0 amide bonds. The van der Waals surface area contributed by atoms with Gasteiger partial charge >= 0.3 is 0 Å². The van der Waals surface area contributed by atoms with Crippen LogP contribution in [0.15, 0.2) is 27.8 Å². The third-order valence-electron chi connectivity index (χ3n) is 2.94. The number of hydrogen-bond acceptors (Lipinski definition) is 7. The average Bonchev–Trinajstić information content (AvgIpc) is 3.03. The molecule has 3 aromatic rings. The highest BCUT2D eigenvalue weighted by Crippen LogP contribution is 2.27. The number of aryl methyl sites for hydroxylation is 2. The van der Waals surface area contributed by atoms with E-state index in [-0.39, 0.29) is 0 Å². The summed E-state index contributed by atoms with van der Waals surface area (Å²) < 4.78 is 6.97. The van der Waals surface area contributed by atoms with Gasteiger partial charge in [0.15, 0.2) is 11.5 Å². The van der Waals surface area contributed by atoms with E-state index in [1.807, 2.05) is 20.0 Å². The molecule has 3 heterocycles. The number of fused-ring (bicyclic) bond motifs is 1. The second-order valence-electron chi connectivity index (χ2n) is 4.27. The normalized spacial score (nSPS) is 11.2. The van der Waals surface area contributed by atoms with Gasteiger partial charge in [-0.1, -0.05) is 0 Å². The lowest BCUT2D eigenvalue weighted by Crippen LogP contribution is -2.11. The molecule has 0 radical (unpaired) electrons. The van der Waals surface area contributed by atoms with Crippen LogP contribution in [0.3, 0.4) is 0 Å². The van der Waals surface area contributed by atoms with Gasteiger partial charge in [-0.2, -0.15) is 5.10 Å². The van der Waals surface area contributed by atoms with Crippen molar-refractivity contribution in [2.75, 3.05) is 5.43 Å². The number of nitrogens with two attached hydrogens (primary N) is 1. The van der Waals surface area contributed by atoms with E-state index in [9.17, 15) is 0 Å². The average molecular weight is 290 g/mol. The van der Waals surface area contributed by atoms with Gasteiger partial charge in [-0.05, 0) is 13.0 Å². The third kappa shape index (κ3) is 2.23. The van der Waals surface area contributed by atoms with E-state index in [2.05, 4.69) is 20.5 Å². The van der Waals surface area contributed by atoms with Gasteiger partial charge in [0.2, 0.25) is 0 Å². The Morgan fingerprint density at radius 3 is 3.00 bits per heavy atom. The number of furan rings is 1. The molecule has 3 rings (SSSR count). The topological polar surface area (TPSA) is 94.8 Å². The monoisotopic (exact) mass is 290 g/mol. The standard InChI is InChI=1S/C12H14N6OS/c1-7-9(3-4-19-7)20-6-10-15-11(17-13)8-5-14-18(2)12(8)16-10/h3-5H,6,13H2,1-2H3,(H,15,16,17). The van der Waals surface area contributed by atoms with Gasteiger partial charge in [0, 0.05) is 11.9 Å². The fourth-order valence-electron chi connectivity index (χ4n) is 1.91. The summed E-state index contributed by atoms with van der Waals surface area (Å²) in [4.78, 5) is 10.0. The first-order valence-corrected chi connectivity index (χ1v) is 6.99. The van der Waals surface area contributed by atoms with E-state index in [0.717, 1.165) is 21.7 Å². The van der Waals surface area contributed by atoms with Crippen molar-refractivity contribution in [2.24, 2.45) is 12.9 Å². The summed E-state index contributed by atoms with van der Waals surface area (Å²) in [5.74, 6) is 8.32. The SMILES string of the molecule is Cc1occc1SCc1nc(NN)c2cnn(C)c2n1. The van der Waals surface area contributed by atoms with Crippen LogP contribution >= 0.6 is 11.8 Å². The molecular weight excluding hydrogens is 276 g/mol. The molecule has 0 fully saturated rings. The molecule has 0 aliphatic carbocycles. The number of hydrazine groups is 1. The molecular formula is C12H14N6OS. The van der Waals surface area contributed by atoms with E-state index < -0.39 is 0 Å². The number of rotatable bonds is 4. The number of anilines is 1. The van der Waals surface area contributed by atoms with Crippen molar-refractivity contribution < 1.29 is 4.42 Å². The maximum absolute atomic E-state index is 5.51. The van der Waals surface area contributed by atoms with Gasteiger partial charge in [0.25, 0.3) is 0 Å². The van der Waals surface area contributed by atoms with Gasteiger partial charge < -0.3 is 9.84 Å². The Balaban J connectivity index is 1.91. The lowest BCUT2D eigenvalue weighted by molar-refractivity contribution is 0.527. The summed E-state index contributed by atoms with van der Waals surface area (Å²) in [6, 6.07) is 1.94. The maximum Gasteiger partial charge on any atom is 0.163 e. The van der Waals surface area contributed by atoms with Gasteiger partial charge in [0.1, 0.15) is 11.6 Å². The maximum atomic E-state index is 5.51. The van der Waals surface area contributed by atoms with Crippen LogP contribution in [0.2, 0.25) is 0 Å². The molecule has 0 spiro atoms. The molecule has 0 aliphatic rings. The molecule has 3 N–H and O–H groups in total. The zero-order valence-corrected chi connectivity index (χ0v) is 11.9. The lowest BCUT2D eigenvalue weighted by Gasteiger charge is -2.05. The van der Waals surface area contributed by atoms with Gasteiger partial charge in [-0.15, -0.1) is 11.8 Å². The Labute approximate surface area is 119 Å². The van der Waals surface area contributed by atoms with E-state index in [0.29, 0.717) is 17.4 Å². The molecule has 0 atom stereocenters. The van der Waals surface area contributed by atoms with Crippen molar-refractivity contribution in [1.29, 1.82) is 0 Å². The molecule has 0 bridgehead atoms. The van der Waals surface area contributed by atoms with Crippen LogP contribution in [0.1, 0.15) is 11.6 Å². The first-order valence-electron chi connectivity index (χ1n) is 6.01. The predicted molar refractivity (Wildman–Crippen MR) is 77.1 cm³/mol. The molecule has 3 aromatic heterocycles. The molecule has 0 aliphatic heterocycles.